The van der Waals surface area contributed by atoms with Gasteiger partial charge in [-0.25, -0.2) is 0 Å². The van der Waals surface area contributed by atoms with E-state index in [1.54, 1.807) is 0 Å². The maximum absolute atomic E-state index is 13.1. The molecule has 3 aliphatic heterocycles. The monoisotopic (exact) mass is 424 g/mol. The summed E-state index contributed by atoms with van der Waals surface area (Å²) in [7, 11) is 0. The Morgan fingerprint density at radius 3 is 2.73 bits per heavy atom. The molecule has 0 atom stereocenters. The summed E-state index contributed by atoms with van der Waals surface area (Å²) < 4.78 is 10.7. The quantitative estimate of drug-likeness (QED) is 0.797. The number of carbonyl (C=O) groups excluding carboxylic acids is 2. The SMILES string of the molecule is O=C(CC1(N2Cc3ccccc3C2=O)CCSCC1)NCc1ccc2c(c1)OCO2. The Balaban J connectivity index is 1.29. The van der Waals surface area contributed by atoms with Crippen LogP contribution in [0.1, 0.15) is 40.7 Å². The maximum atomic E-state index is 13.1. The molecule has 156 valence electrons. The molecule has 0 bridgehead atoms. The summed E-state index contributed by atoms with van der Waals surface area (Å²) in [4.78, 5) is 28.0. The van der Waals surface area contributed by atoms with Crippen molar-refractivity contribution in [2.45, 2.75) is 37.9 Å². The number of amides is 2. The number of hydrogen-bond acceptors (Lipinski definition) is 5. The number of fused-ring (bicyclic) bond motifs is 2. The summed E-state index contributed by atoms with van der Waals surface area (Å²) in [6.07, 6.45) is 2.02. The van der Waals surface area contributed by atoms with E-state index in [2.05, 4.69) is 5.32 Å². The third kappa shape index (κ3) is 3.51. The largest absolute Gasteiger partial charge is 0.454 e. The number of nitrogens with zero attached hydrogens (tertiary/aromatic N) is 1. The average Bonchev–Trinajstić information content (AvgIpc) is 3.37. The van der Waals surface area contributed by atoms with Crippen LogP contribution in [0.15, 0.2) is 42.5 Å². The molecule has 1 N–H and O–H groups in total. The highest BCUT2D eigenvalue weighted by Crippen LogP contribution is 2.40. The van der Waals surface area contributed by atoms with E-state index in [0.29, 0.717) is 25.3 Å². The van der Waals surface area contributed by atoms with Crippen LogP contribution >= 0.6 is 11.8 Å². The zero-order chi connectivity index (χ0) is 20.6. The highest BCUT2D eigenvalue weighted by molar-refractivity contribution is 7.99. The number of rotatable bonds is 5. The van der Waals surface area contributed by atoms with Gasteiger partial charge in [-0.15, -0.1) is 0 Å². The summed E-state index contributed by atoms with van der Waals surface area (Å²) in [5.74, 6) is 3.41. The molecule has 0 unspecified atom stereocenters. The van der Waals surface area contributed by atoms with Crippen molar-refractivity contribution in [3.8, 4) is 11.5 Å². The minimum atomic E-state index is -0.416. The molecule has 5 rings (SSSR count). The van der Waals surface area contributed by atoms with Crippen LogP contribution in [0.5, 0.6) is 11.5 Å². The molecule has 0 saturated carbocycles. The van der Waals surface area contributed by atoms with Crippen molar-refractivity contribution in [1.29, 1.82) is 0 Å². The highest BCUT2D eigenvalue weighted by atomic mass is 32.2. The molecule has 0 spiro atoms. The van der Waals surface area contributed by atoms with Gasteiger partial charge in [0.25, 0.3) is 5.91 Å². The van der Waals surface area contributed by atoms with Crippen molar-refractivity contribution in [3.05, 3.63) is 59.2 Å². The van der Waals surface area contributed by atoms with Gasteiger partial charge < -0.3 is 19.7 Å². The van der Waals surface area contributed by atoms with E-state index < -0.39 is 5.54 Å². The number of ether oxygens (including phenoxy) is 2. The van der Waals surface area contributed by atoms with Gasteiger partial charge in [-0.05, 0) is 53.7 Å². The maximum Gasteiger partial charge on any atom is 0.254 e. The van der Waals surface area contributed by atoms with Crippen molar-refractivity contribution < 1.29 is 19.1 Å². The molecule has 3 aliphatic rings. The Bertz CT molecular complexity index is 987. The summed E-state index contributed by atoms with van der Waals surface area (Å²) >= 11 is 1.89. The van der Waals surface area contributed by atoms with E-state index in [1.165, 1.54) is 0 Å². The average molecular weight is 425 g/mol. The number of hydrogen-bond donors (Lipinski definition) is 1. The molecule has 0 radical (unpaired) electrons. The lowest BCUT2D eigenvalue weighted by atomic mass is 9.86. The van der Waals surface area contributed by atoms with Crippen LogP contribution in [0.3, 0.4) is 0 Å². The molecule has 0 aliphatic carbocycles. The summed E-state index contributed by atoms with van der Waals surface area (Å²) in [6, 6.07) is 13.5. The van der Waals surface area contributed by atoms with Crippen molar-refractivity contribution >= 4 is 23.6 Å². The van der Waals surface area contributed by atoms with Crippen LogP contribution < -0.4 is 14.8 Å². The Hall–Kier alpha value is -2.67. The fourth-order valence-corrected chi connectivity index (χ4v) is 5.80. The van der Waals surface area contributed by atoms with E-state index in [9.17, 15) is 9.59 Å². The zero-order valence-corrected chi connectivity index (χ0v) is 17.5. The lowest BCUT2D eigenvalue weighted by molar-refractivity contribution is -0.124. The van der Waals surface area contributed by atoms with Gasteiger partial charge >= 0.3 is 0 Å². The predicted molar refractivity (Wildman–Crippen MR) is 115 cm³/mol. The van der Waals surface area contributed by atoms with Crippen LogP contribution in [0.2, 0.25) is 0 Å². The van der Waals surface area contributed by atoms with Crippen LogP contribution in [-0.4, -0.2) is 40.6 Å². The van der Waals surface area contributed by atoms with Crippen molar-refractivity contribution in [1.82, 2.24) is 10.2 Å². The molecule has 1 fully saturated rings. The van der Waals surface area contributed by atoms with E-state index in [-0.39, 0.29) is 18.6 Å². The molecule has 0 aromatic heterocycles. The fraction of sp³-hybridized carbons (Fsp3) is 0.391. The van der Waals surface area contributed by atoms with Crippen LogP contribution in [0.25, 0.3) is 0 Å². The lowest BCUT2D eigenvalue weighted by Gasteiger charge is -2.44. The molecular formula is C23H24N2O4S. The second kappa shape index (κ2) is 7.87. The van der Waals surface area contributed by atoms with E-state index in [1.807, 2.05) is 59.1 Å². The van der Waals surface area contributed by atoms with Crippen LogP contribution in [0, 0.1) is 0 Å². The first-order valence-electron chi connectivity index (χ1n) is 10.3. The van der Waals surface area contributed by atoms with Gasteiger partial charge in [0.2, 0.25) is 12.7 Å². The van der Waals surface area contributed by atoms with Crippen molar-refractivity contribution in [2.75, 3.05) is 18.3 Å². The van der Waals surface area contributed by atoms with Gasteiger partial charge in [0.05, 0.1) is 5.54 Å². The molecule has 2 aromatic carbocycles. The smallest absolute Gasteiger partial charge is 0.254 e. The molecule has 6 nitrogen and oxygen atoms in total. The Morgan fingerprint density at radius 1 is 1.10 bits per heavy atom. The Kier molecular flexibility index (Phi) is 5.06. The molecule has 7 heteroatoms. The zero-order valence-electron chi connectivity index (χ0n) is 16.7. The molecule has 30 heavy (non-hydrogen) atoms. The van der Waals surface area contributed by atoms with Crippen molar-refractivity contribution in [3.63, 3.8) is 0 Å². The normalized spacial score (nSPS) is 18.9. The highest BCUT2D eigenvalue weighted by Gasteiger charge is 2.45. The Labute approximate surface area is 179 Å². The summed E-state index contributed by atoms with van der Waals surface area (Å²) in [5.41, 5.74) is 2.38. The molecule has 2 amide bonds. The van der Waals surface area contributed by atoms with Gasteiger partial charge in [-0.2, -0.15) is 11.8 Å². The predicted octanol–water partition coefficient (Wildman–Crippen LogP) is 3.34. The number of nitrogens with one attached hydrogen (secondary N) is 1. The molecule has 1 saturated heterocycles. The van der Waals surface area contributed by atoms with Crippen LogP contribution in [0.4, 0.5) is 0 Å². The topological polar surface area (TPSA) is 67.9 Å². The summed E-state index contributed by atoms with van der Waals surface area (Å²) in [6.45, 7) is 1.25. The van der Waals surface area contributed by atoms with E-state index in [4.69, 9.17) is 9.47 Å². The third-order valence-corrected chi connectivity index (χ3v) is 7.22. The van der Waals surface area contributed by atoms with Gasteiger partial charge in [0.15, 0.2) is 11.5 Å². The van der Waals surface area contributed by atoms with Gasteiger partial charge in [-0.1, -0.05) is 24.3 Å². The Morgan fingerprint density at radius 2 is 1.90 bits per heavy atom. The first-order valence-corrected chi connectivity index (χ1v) is 11.4. The van der Waals surface area contributed by atoms with Gasteiger partial charge in [0.1, 0.15) is 0 Å². The molecule has 2 aromatic rings. The fourth-order valence-electron chi connectivity index (χ4n) is 4.54. The number of benzene rings is 2. The van der Waals surface area contributed by atoms with Gasteiger partial charge in [0, 0.05) is 25.1 Å². The number of thioether (sulfide) groups is 1. The summed E-state index contributed by atoms with van der Waals surface area (Å²) in [5, 5.41) is 3.04. The number of carbonyl (C=O) groups is 2. The third-order valence-electron chi connectivity index (χ3n) is 6.23. The minimum Gasteiger partial charge on any atom is -0.454 e. The van der Waals surface area contributed by atoms with E-state index >= 15 is 0 Å². The lowest BCUT2D eigenvalue weighted by Crippen LogP contribution is -2.53. The minimum absolute atomic E-state index is 0.0247. The van der Waals surface area contributed by atoms with Gasteiger partial charge in [-0.3, -0.25) is 9.59 Å². The standard InChI is InChI=1S/C23H24N2O4S/c26-21(24-13-16-5-6-19-20(11-16)29-15-28-19)12-23(7-9-30-10-8-23)25-14-17-3-1-2-4-18(17)22(25)27/h1-6,11H,7-10,12-15H2,(H,24,26). The molecular weight excluding hydrogens is 400 g/mol. The van der Waals surface area contributed by atoms with Crippen molar-refractivity contribution in [2.24, 2.45) is 0 Å². The second-order valence-electron chi connectivity index (χ2n) is 8.03. The van der Waals surface area contributed by atoms with E-state index in [0.717, 1.165) is 46.8 Å². The first-order chi connectivity index (χ1) is 14.6. The molecule has 3 heterocycles. The van der Waals surface area contributed by atoms with Crippen LogP contribution in [-0.2, 0) is 17.9 Å². The first kappa shape index (κ1) is 19.3. The second-order valence-corrected chi connectivity index (χ2v) is 9.25.